The normalized spacial score (nSPS) is 21.5. The topological polar surface area (TPSA) is 68.8 Å². The quantitative estimate of drug-likeness (QED) is 0.610. The van der Waals surface area contributed by atoms with Crippen molar-refractivity contribution in [1.29, 1.82) is 0 Å². The third kappa shape index (κ3) is 5.00. The average Bonchev–Trinajstić information content (AvgIpc) is 3.55. The summed E-state index contributed by atoms with van der Waals surface area (Å²) >= 11 is 0. The van der Waals surface area contributed by atoms with Gasteiger partial charge in [-0.15, -0.1) is 0 Å². The van der Waals surface area contributed by atoms with Crippen molar-refractivity contribution in [3.8, 4) is 0 Å². The molecule has 0 saturated heterocycles. The molecule has 3 aliphatic rings. The van der Waals surface area contributed by atoms with Crippen molar-refractivity contribution in [3.63, 3.8) is 0 Å². The maximum atomic E-state index is 12.5. The molecule has 0 aromatic heterocycles. The van der Waals surface area contributed by atoms with E-state index in [9.17, 15) is 4.79 Å². The van der Waals surface area contributed by atoms with Gasteiger partial charge in [0.2, 0.25) is 0 Å². The van der Waals surface area contributed by atoms with Crippen molar-refractivity contribution in [2.75, 3.05) is 27.2 Å². The second-order valence-electron chi connectivity index (χ2n) is 8.53. The first kappa shape index (κ1) is 20.4. The number of fused-ring (bicyclic) bond motifs is 1. The van der Waals surface area contributed by atoms with Crippen LogP contribution in [0.25, 0.3) is 5.57 Å². The lowest BCUT2D eigenvalue weighted by molar-refractivity contribution is 0.0951. The first-order chi connectivity index (χ1) is 14.5. The molecule has 1 amide bonds. The van der Waals surface area contributed by atoms with E-state index < -0.39 is 0 Å². The highest BCUT2D eigenvalue weighted by Gasteiger charge is 2.25. The van der Waals surface area contributed by atoms with Crippen LogP contribution in [0.1, 0.15) is 40.7 Å². The van der Waals surface area contributed by atoms with Crippen LogP contribution in [0.4, 0.5) is 0 Å². The van der Waals surface area contributed by atoms with Crippen LogP contribution in [0, 0.1) is 6.92 Å². The molecule has 1 fully saturated rings. The number of allylic oxidation sites excluding steroid dienone is 2. The highest BCUT2D eigenvalue weighted by atomic mass is 16.1. The largest absolute Gasteiger partial charge is 0.349 e. The Hall–Kier alpha value is -2.86. The fraction of sp³-hybridized carbons (Fsp3) is 0.417. The predicted octanol–water partition coefficient (Wildman–Crippen LogP) is 2.59. The lowest BCUT2D eigenvalue weighted by Crippen LogP contribution is -2.46. The number of hydrogen-bond acceptors (Lipinski definition) is 3. The van der Waals surface area contributed by atoms with Crippen LogP contribution in [0.2, 0.25) is 0 Å². The molecule has 1 heterocycles. The van der Waals surface area contributed by atoms with Gasteiger partial charge in [0.25, 0.3) is 5.91 Å². The summed E-state index contributed by atoms with van der Waals surface area (Å²) in [6.07, 6.45) is 11.7. The maximum Gasteiger partial charge on any atom is 0.251 e. The number of carbonyl (C=O) groups is 1. The lowest BCUT2D eigenvalue weighted by Gasteiger charge is -2.27. The smallest absolute Gasteiger partial charge is 0.251 e. The van der Waals surface area contributed by atoms with E-state index in [2.05, 4.69) is 65.1 Å². The Balaban J connectivity index is 1.47. The van der Waals surface area contributed by atoms with Crippen LogP contribution in [-0.2, 0) is 0 Å². The Morgan fingerprint density at radius 1 is 1.30 bits per heavy atom. The molecule has 6 heteroatoms. The summed E-state index contributed by atoms with van der Waals surface area (Å²) in [5.74, 6) is 0.839. The molecule has 4 rings (SSSR count). The zero-order valence-corrected chi connectivity index (χ0v) is 18.0. The van der Waals surface area contributed by atoms with Crippen LogP contribution >= 0.6 is 0 Å². The van der Waals surface area contributed by atoms with Crippen molar-refractivity contribution in [2.45, 2.75) is 38.3 Å². The minimum atomic E-state index is 0.0207. The fourth-order valence-electron chi connectivity index (χ4n) is 3.64. The first-order valence-corrected chi connectivity index (χ1v) is 10.7. The van der Waals surface area contributed by atoms with Gasteiger partial charge in [-0.1, -0.05) is 18.2 Å². The molecule has 30 heavy (non-hydrogen) atoms. The zero-order valence-electron chi connectivity index (χ0n) is 18.0. The molecule has 2 aliphatic carbocycles. The number of amides is 1. The summed E-state index contributed by atoms with van der Waals surface area (Å²) < 4.78 is 0. The van der Waals surface area contributed by atoms with Gasteiger partial charge in [-0.05, 0) is 87.3 Å². The van der Waals surface area contributed by atoms with Gasteiger partial charge in [0, 0.05) is 24.4 Å². The van der Waals surface area contributed by atoms with Gasteiger partial charge in [-0.3, -0.25) is 9.79 Å². The third-order valence-corrected chi connectivity index (χ3v) is 5.57. The number of rotatable bonds is 7. The van der Waals surface area contributed by atoms with E-state index >= 15 is 0 Å². The summed E-state index contributed by atoms with van der Waals surface area (Å²) in [5.41, 5.74) is 5.25. The van der Waals surface area contributed by atoms with Gasteiger partial charge in [0.15, 0.2) is 5.96 Å². The van der Waals surface area contributed by atoms with Crippen LogP contribution in [0.5, 0.6) is 0 Å². The highest BCUT2D eigenvalue weighted by Crippen LogP contribution is 2.28. The van der Waals surface area contributed by atoms with Crippen LogP contribution in [-0.4, -0.2) is 56.0 Å². The SMILES string of the molecule is Cc1ccc(C(=O)NC2CC2)cc1C1=CC2=CNC(=NCCCN(C)C)NC2C=C1. The maximum absolute atomic E-state index is 12.5. The van der Waals surface area contributed by atoms with Crippen LogP contribution in [0.15, 0.2) is 53.2 Å². The van der Waals surface area contributed by atoms with Gasteiger partial charge >= 0.3 is 0 Å². The number of carbonyl (C=O) groups excluding carboxylic acids is 1. The highest BCUT2D eigenvalue weighted by molar-refractivity contribution is 5.96. The number of benzene rings is 1. The molecule has 1 unspecified atom stereocenters. The summed E-state index contributed by atoms with van der Waals surface area (Å²) in [6, 6.07) is 6.42. The summed E-state index contributed by atoms with van der Waals surface area (Å²) in [5, 5.41) is 9.79. The lowest BCUT2D eigenvalue weighted by atomic mass is 9.90. The molecule has 1 aromatic carbocycles. The molecule has 1 aromatic rings. The number of nitrogens with one attached hydrogen (secondary N) is 3. The molecule has 1 saturated carbocycles. The zero-order chi connectivity index (χ0) is 21.1. The molecular formula is C24H31N5O. The minimum absolute atomic E-state index is 0.0207. The third-order valence-electron chi connectivity index (χ3n) is 5.57. The number of hydrogen-bond donors (Lipinski definition) is 3. The van der Waals surface area contributed by atoms with Crippen LogP contribution in [0.3, 0.4) is 0 Å². The van der Waals surface area contributed by atoms with E-state index in [1.807, 2.05) is 24.4 Å². The molecular weight excluding hydrogens is 374 g/mol. The monoisotopic (exact) mass is 405 g/mol. The van der Waals surface area contributed by atoms with E-state index in [4.69, 9.17) is 0 Å². The van der Waals surface area contributed by atoms with Crippen molar-refractivity contribution < 1.29 is 4.79 Å². The fourth-order valence-corrected chi connectivity index (χ4v) is 3.64. The van der Waals surface area contributed by atoms with Gasteiger partial charge in [-0.2, -0.15) is 0 Å². The van der Waals surface area contributed by atoms with Gasteiger partial charge in [0.1, 0.15) is 0 Å². The Bertz CT molecular complexity index is 937. The van der Waals surface area contributed by atoms with E-state index in [0.717, 1.165) is 66.1 Å². The first-order valence-electron chi connectivity index (χ1n) is 10.7. The van der Waals surface area contributed by atoms with Crippen molar-refractivity contribution in [1.82, 2.24) is 20.9 Å². The standard InChI is InChI=1S/C24H31N5O/c1-16-5-6-18(23(30)27-20-8-9-20)14-21(16)17-7-10-22-19(13-17)15-26-24(28-22)25-11-4-12-29(2)3/h5-7,10,13-15,20,22H,4,8-9,11-12H2,1-3H3,(H,27,30)(H2,25,26,28). The molecule has 1 atom stereocenters. The number of guanidine groups is 1. The molecule has 1 aliphatic heterocycles. The summed E-state index contributed by atoms with van der Waals surface area (Å²) in [7, 11) is 4.15. The van der Waals surface area contributed by atoms with Crippen molar-refractivity contribution >= 4 is 17.4 Å². The molecule has 3 N–H and O–H groups in total. The second kappa shape index (κ2) is 8.88. The number of aryl methyl sites for hydroxylation is 1. The van der Waals surface area contributed by atoms with Crippen LogP contribution < -0.4 is 16.0 Å². The van der Waals surface area contributed by atoms with Gasteiger partial charge in [0.05, 0.1) is 6.04 Å². The van der Waals surface area contributed by atoms with Gasteiger partial charge in [-0.25, -0.2) is 0 Å². The van der Waals surface area contributed by atoms with Gasteiger partial charge < -0.3 is 20.9 Å². The minimum Gasteiger partial charge on any atom is -0.349 e. The predicted molar refractivity (Wildman–Crippen MR) is 122 cm³/mol. The van der Waals surface area contributed by atoms with Crippen molar-refractivity contribution in [2.24, 2.45) is 4.99 Å². The number of nitrogens with zero attached hydrogens (tertiary/aromatic N) is 2. The average molecular weight is 406 g/mol. The van der Waals surface area contributed by atoms with E-state index in [-0.39, 0.29) is 11.9 Å². The molecule has 6 nitrogen and oxygen atoms in total. The van der Waals surface area contributed by atoms with E-state index in [0.29, 0.717) is 6.04 Å². The summed E-state index contributed by atoms with van der Waals surface area (Å²) in [4.78, 5) is 19.2. The Kier molecular flexibility index (Phi) is 6.04. The Labute approximate surface area is 178 Å². The Morgan fingerprint density at radius 3 is 2.90 bits per heavy atom. The molecule has 0 spiro atoms. The van der Waals surface area contributed by atoms with E-state index in [1.165, 1.54) is 0 Å². The Morgan fingerprint density at radius 2 is 2.13 bits per heavy atom. The summed E-state index contributed by atoms with van der Waals surface area (Å²) in [6.45, 7) is 3.91. The second-order valence-corrected chi connectivity index (χ2v) is 8.53. The molecule has 158 valence electrons. The van der Waals surface area contributed by atoms with Crippen molar-refractivity contribution in [3.05, 3.63) is 64.9 Å². The molecule has 0 bridgehead atoms. The van der Waals surface area contributed by atoms with E-state index in [1.54, 1.807) is 0 Å². The number of aliphatic imine (C=N–C) groups is 1. The molecule has 0 radical (unpaired) electrons.